The molecule has 0 heterocycles. The molecule has 2 aliphatic carbocycles. The molecule has 1 aromatic carbocycles. The lowest BCUT2D eigenvalue weighted by Gasteiger charge is -2.35. The number of ether oxygens (including phenoxy) is 1. The van der Waals surface area contributed by atoms with Crippen LogP contribution < -0.4 is 4.74 Å². The van der Waals surface area contributed by atoms with Crippen LogP contribution in [0.1, 0.15) is 63.9 Å². The molecular formula is C22H28F4O. The van der Waals surface area contributed by atoms with E-state index < -0.39 is 30.4 Å². The summed E-state index contributed by atoms with van der Waals surface area (Å²) in [6.07, 6.45) is 8.41. The van der Waals surface area contributed by atoms with Gasteiger partial charge in [0.15, 0.2) is 11.6 Å². The van der Waals surface area contributed by atoms with Crippen molar-refractivity contribution in [3.8, 4) is 5.75 Å². The minimum Gasteiger partial charge on any atom is -0.484 e. The Morgan fingerprint density at radius 3 is 2.33 bits per heavy atom. The van der Waals surface area contributed by atoms with Gasteiger partial charge in [0, 0.05) is 5.56 Å². The first kappa shape index (κ1) is 20.2. The van der Waals surface area contributed by atoms with Crippen LogP contribution in [0.3, 0.4) is 0 Å². The molecule has 3 rings (SSSR count). The van der Waals surface area contributed by atoms with E-state index in [4.69, 9.17) is 0 Å². The number of alkyl halides is 2. The van der Waals surface area contributed by atoms with Gasteiger partial charge >= 0.3 is 0 Å². The van der Waals surface area contributed by atoms with Gasteiger partial charge in [-0.05, 0) is 67.6 Å². The van der Waals surface area contributed by atoms with Crippen molar-refractivity contribution in [3.63, 3.8) is 0 Å². The minimum atomic E-state index is -2.72. The van der Waals surface area contributed by atoms with Gasteiger partial charge in [0.25, 0.3) is 6.43 Å². The normalized spacial score (nSPS) is 26.1. The van der Waals surface area contributed by atoms with E-state index >= 15 is 0 Å². The molecule has 1 fully saturated rings. The van der Waals surface area contributed by atoms with Gasteiger partial charge in [0.1, 0.15) is 6.61 Å². The molecule has 1 unspecified atom stereocenters. The molecule has 0 aliphatic heterocycles. The van der Waals surface area contributed by atoms with Crippen molar-refractivity contribution >= 4 is 5.57 Å². The van der Waals surface area contributed by atoms with Gasteiger partial charge in [-0.25, -0.2) is 13.2 Å². The molecule has 1 saturated carbocycles. The van der Waals surface area contributed by atoms with Gasteiger partial charge in [-0.15, -0.1) is 0 Å². The Morgan fingerprint density at radius 1 is 1.00 bits per heavy atom. The summed E-state index contributed by atoms with van der Waals surface area (Å²) in [4.78, 5) is 0. The van der Waals surface area contributed by atoms with Crippen molar-refractivity contribution in [2.75, 3.05) is 6.61 Å². The van der Waals surface area contributed by atoms with Crippen molar-refractivity contribution in [2.45, 2.75) is 64.7 Å². The largest absolute Gasteiger partial charge is 0.484 e. The van der Waals surface area contributed by atoms with Crippen LogP contribution in [0.4, 0.5) is 17.6 Å². The van der Waals surface area contributed by atoms with Crippen LogP contribution in [0, 0.1) is 29.4 Å². The number of allylic oxidation sites excluding steroid dienone is 2. The second kappa shape index (κ2) is 9.11. The standard InChI is InChI=1S/C22H28F4O/c1-2-14-3-5-15(6-4-14)16-7-9-17(10-8-16)18-11-12-19(22(26)21(18)25)27-13-20(23)24/h9,11-12,14-16,20H,2-8,10,13H2,1H3. The fraction of sp³-hybridized carbons (Fsp3) is 0.636. The summed E-state index contributed by atoms with van der Waals surface area (Å²) in [5, 5.41) is 0. The first-order valence-corrected chi connectivity index (χ1v) is 10.1. The Hall–Kier alpha value is -1.52. The van der Waals surface area contributed by atoms with Crippen LogP contribution >= 0.6 is 0 Å². The molecule has 1 atom stereocenters. The highest BCUT2D eigenvalue weighted by Gasteiger charge is 2.29. The van der Waals surface area contributed by atoms with E-state index in [1.807, 2.05) is 6.08 Å². The molecule has 150 valence electrons. The van der Waals surface area contributed by atoms with E-state index in [0.29, 0.717) is 5.92 Å². The number of rotatable bonds is 6. The van der Waals surface area contributed by atoms with Crippen LogP contribution in [0.15, 0.2) is 18.2 Å². The van der Waals surface area contributed by atoms with Crippen LogP contribution in [0.25, 0.3) is 5.57 Å². The highest BCUT2D eigenvalue weighted by molar-refractivity contribution is 5.67. The molecule has 0 N–H and O–H groups in total. The van der Waals surface area contributed by atoms with Gasteiger partial charge in [0.2, 0.25) is 5.82 Å². The molecule has 0 aromatic heterocycles. The number of hydrogen-bond acceptors (Lipinski definition) is 1. The zero-order chi connectivity index (χ0) is 19.4. The SMILES string of the molecule is CCC1CCC(C2CC=C(c3ccc(OCC(F)F)c(F)c3F)CC2)CC1. The summed E-state index contributed by atoms with van der Waals surface area (Å²) < 4.78 is 57.6. The second-order valence-electron chi connectivity index (χ2n) is 7.89. The van der Waals surface area contributed by atoms with E-state index in [9.17, 15) is 17.6 Å². The molecule has 1 nitrogen and oxygen atoms in total. The monoisotopic (exact) mass is 384 g/mol. The predicted molar refractivity (Wildman–Crippen MR) is 98.9 cm³/mol. The Morgan fingerprint density at radius 2 is 1.74 bits per heavy atom. The smallest absolute Gasteiger partial charge is 0.272 e. The molecule has 0 spiro atoms. The highest BCUT2D eigenvalue weighted by Crippen LogP contribution is 2.42. The third-order valence-corrected chi connectivity index (χ3v) is 6.34. The predicted octanol–water partition coefficient (Wildman–Crippen LogP) is 7.01. The van der Waals surface area contributed by atoms with E-state index in [0.717, 1.165) is 36.7 Å². The highest BCUT2D eigenvalue weighted by atomic mass is 19.3. The van der Waals surface area contributed by atoms with Gasteiger partial charge in [0.05, 0.1) is 0 Å². The summed E-state index contributed by atoms with van der Waals surface area (Å²) >= 11 is 0. The maximum absolute atomic E-state index is 14.4. The van der Waals surface area contributed by atoms with Gasteiger partial charge < -0.3 is 4.74 Å². The van der Waals surface area contributed by atoms with Crippen LogP contribution in [0.5, 0.6) is 5.75 Å². The number of benzene rings is 1. The fourth-order valence-corrected chi connectivity index (χ4v) is 4.64. The number of halogens is 4. The fourth-order valence-electron chi connectivity index (χ4n) is 4.64. The van der Waals surface area contributed by atoms with Gasteiger partial charge in [-0.1, -0.05) is 32.3 Å². The second-order valence-corrected chi connectivity index (χ2v) is 7.89. The van der Waals surface area contributed by atoms with Crippen molar-refractivity contribution in [2.24, 2.45) is 17.8 Å². The first-order chi connectivity index (χ1) is 13.0. The zero-order valence-corrected chi connectivity index (χ0v) is 15.8. The maximum Gasteiger partial charge on any atom is 0.272 e. The maximum atomic E-state index is 14.4. The molecule has 27 heavy (non-hydrogen) atoms. The quantitative estimate of drug-likeness (QED) is 0.479. The molecule has 5 heteroatoms. The van der Waals surface area contributed by atoms with Crippen LogP contribution in [-0.2, 0) is 0 Å². The van der Waals surface area contributed by atoms with Crippen molar-refractivity contribution in [1.82, 2.24) is 0 Å². The average Bonchev–Trinajstić information content (AvgIpc) is 2.69. The lowest BCUT2D eigenvalue weighted by atomic mass is 9.70. The molecule has 0 radical (unpaired) electrons. The molecular weight excluding hydrogens is 356 g/mol. The summed E-state index contributed by atoms with van der Waals surface area (Å²) in [5.41, 5.74) is 1.04. The van der Waals surface area contributed by atoms with Crippen molar-refractivity contribution in [3.05, 3.63) is 35.4 Å². The average molecular weight is 384 g/mol. The molecule has 1 aromatic rings. The first-order valence-electron chi connectivity index (χ1n) is 10.1. The van der Waals surface area contributed by atoms with E-state index in [-0.39, 0.29) is 5.56 Å². The van der Waals surface area contributed by atoms with E-state index in [1.165, 1.54) is 44.2 Å². The summed E-state index contributed by atoms with van der Waals surface area (Å²) in [7, 11) is 0. The number of hydrogen-bond donors (Lipinski definition) is 0. The third kappa shape index (κ3) is 4.85. The lowest BCUT2D eigenvalue weighted by Crippen LogP contribution is -2.23. The van der Waals surface area contributed by atoms with Crippen LogP contribution in [-0.4, -0.2) is 13.0 Å². The molecule has 0 bridgehead atoms. The molecule has 0 amide bonds. The topological polar surface area (TPSA) is 9.23 Å². The van der Waals surface area contributed by atoms with Gasteiger partial charge in [-0.3, -0.25) is 0 Å². The zero-order valence-electron chi connectivity index (χ0n) is 15.8. The van der Waals surface area contributed by atoms with Crippen molar-refractivity contribution < 1.29 is 22.3 Å². The Labute approximate surface area is 158 Å². The van der Waals surface area contributed by atoms with Crippen LogP contribution in [0.2, 0.25) is 0 Å². The molecule has 2 aliphatic rings. The Bertz CT molecular complexity index is 663. The van der Waals surface area contributed by atoms with E-state index in [1.54, 1.807) is 0 Å². The summed E-state index contributed by atoms with van der Waals surface area (Å²) in [6.45, 7) is 1.32. The van der Waals surface area contributed by atoms with Gasteiger partial charge in [-0.2, -0.15) is 4.39 Å². The Kier molecular flexibility index (Phi) is 6.83. The van der Waals surface area contributed by atoms with E-state index in [2.05, 4.69) is 11.7 Å². The lowest BCUT2D eigenvalue weighted by molar-refractivity contribution is 0.0795. The van der Waals surface area contributed by atoms with Crippen molar-refractivity contribution in [1.29, 1.82) is 0 Å². The molecule has 0 saturated heterocycles. The summed E-state index contributed by atoms with van der Waals surface area (Å²) in [6, 6.07) is 2.69. The minimum absolute atomic E-state index is 0.227. The summed E-state index contributed by atoms with van der Waals surface area (Å²) in [5.74, 6) is -0.397. The Balaban J connectivity index is 1.64. The third-order valence-electron chi connectivity index (χ3n) is 6.34.